The molecule has 2 rings (SSSR count). The van der Waals surface area contributed by atoms with Crippen molar-refractivity contribution in [3.63, 3.8) is 0 Å². The number of hydrogen-bond acceptors (Lipinski definition) is 2. The van der Waals surface area contributed by atoms with Crippen molar-refractivity contribution in [1.29, 1.82) is 0 Å². The van der Waals surface area contributed by atoms with Crippen LogP contribution in [0.2, 0.25) is 0 Å². The summed E-state index contributed by atoms with van der Waals surface area (Å²) in [4.78, 5) is 4.03. The van der Waals surface area contributed by atoms with E-state index in [-0.39, 0.29) is 24.6 Å². The van der Waals surface area contributed by atoms with E-state index in [9.17, 15) is 5.11 Å². The Labute approximate surface area is 88.8 Å². The average Bonchev–Trinajstić information content (AvgIpc) is 2.12. The molecule has 0 aliphatic carbocycles. The zero-order valence-corrected chi connectivity index (χ0v) is 7.74. The van der Waals surface area contributed by atoms with E-state index >= 15 is 0 Å². The van der Waals surface area contributed by atoms with Crippen LogP contribution in [-0.4, -0.2) is 4.98 Å². The molecule has 0 aliphatic rings. The maximum atomic E-state index is 11.3. The van der Waals surface area contributed by atoms with Gasteiger partial charge in [0, 0.05) is 11.6 Å². The summed E-state index contributed by atoms with van der Waals surface area (Å²) in [6.45, 7) is 1.98. The number of fused-ring (bicyclic) bond motifs is 1. The molecule has 0 unspecified atom stereocenters. The van der Waals surface area contributed by atoms with Crippen LogP contribution >= 0.6 is 0 Å². The first-order chi connectivity index (χ1) is 5.79. The predicted molar refractivity (Wildman–Crippen MR) is 45.9 cm³/mol. The molecule has 1 aromatic heterocycles. The molecule has 2 nitrogen and oxygen atoms in total. The fourth-order valence-corrected chi connectivity index (χ4v) is 1.29. The second-order valence-electron chi connectivity index (χ2n) is 2.78. The molecule has 2 aromatic rings. The summed E-state index contributed by atoms with van der Waals surface area (Å²) in [6, 6.07) is 7.14. The molecule has 0 fully saturated rings. The molecule has 3 heteroatoms. The second kappa shape index (κ2) is 3.82. The first-order valence-electron chi connectivity index (χ1n) is 3.80. The van der Waals surface area contributed by atoms with E-state index in [1.807, 2.05) is 25.1 Å². The molecule has 0 N–H and O–H groups in total. The Morgan fingerprint density at radius 2 is 2.00 bits per heavy atom. The second-order valence-corrected chi connectivity index (χ2v) is 2.78. The largest absolute Gasteiger partial charge is 1.00 e. The van der Waals surface area contributed by atoms with Crippen LogP contribution in [0.3, 0.4) is 0 Å². The van der Waals surface area contributed by atoms with Gasteiger partial charge in [0.05, 0.1) is 5.52 Å². The molecule has 0 aliphatic heterocycles. The van der Waals surface area contributed by atoms with Crippen LogP contribution in [-0.2, 0) is 0 Å². The number of aryl methyl sites for hydroxylation is 1. The Balaban J connectivity index is 0.000000845. The maximum absolute atomic E-state index is 11.3. The Morgan fingerprint density at radius 3 is 2.69 bits per heavy atom. The van der Waals surface area contributed by atoms with Crippen molar-refractivity contribution in [2.75, 3.05) is 0 Å². The smallest absolute Gasteiger partial charge is 0.871 e. The molecule has 1 aromatic carbocycles. The quantitative estimate of drug-likeness (QED) is 0.451. The molecule has 0 saturated carbocycles. The standard InChI is InChI=1S/C10H9NO.Li/c1-7-4-5-9(12)10-8(7)3-2-6-11-10;/h2-6,12H,1H3;/q;+1/p-1. The molecule has 0 amide bonds. The summed E-state index contributed by atoms with van der Waals surface area (Å²) >= 11 is 0. The number of hydrogen-bond donors (Lipinski definition) is 0. The van der Waals surface area contributed by atoms with E-state index in [1.165, 1.54) is 0 Å². The predicted octanol–water partition coefficient (Wildman–Crippen LogP) is -1.38. The topological polar surface area (TPSA) is 36.0 Å². The fourth-order valence-electron chi connectivity index (χ4n) is 1.29. The van der Waals surface area contributed by atoms with Gasteiger partial charge in [0.2, 0.25) is 0 Å². The first kappa shape index (κ1) is 10.1. The van der Waals surface area contributed by atoms with Crippen molar-refractivity contribution >= 4 is 10.9 Å². The van der Waals surface area contributed by atoms with Crippen molar-refractivity contribution < 1.29 is 24.0 Å². The number of rotatable bonds is 0. The van der Waals surface area contributed by atoms with Crippen molar-refractivity contribution in [2.24, 2.45) is 0 Å². The van der Waals surface area contributed by atoms with Gasteiger partial charge in [0.25, 0.3) is 0 Å². The van der Waals surface area contributed by atoms with Crippen LogP contribution < -0.4 is 24.0 Å². The van der Waals surface area contributed by atoms with E-state index in [4.69, 9.17) is 0 Å². The van der Waals surface area contributed by atoms with Crippen molar-refractivity contribution in [1.82, 2.24) is 4.98 Å². The van der Waals surface area contributed by atoms with Crippen LogP contribution in [0.15, 0.2) is 30.5 Å². The monoisotopic (exact) mass is 165 g/mol. The third-order valence-corrected chi connectivity index (χ3v) is 1.95. The third kappa shape index (κ3) is 1.69. The van der Waals surface area contributed by atoms with Gasteiger partial charge in [-0.1, -0.05) is 23.9 Å². The minimum Gasteiger partial charge on any atom is -0.871 e. The molecule has 0 spiro atoms. The van der Waals surface area contributed by atoms with Gasteiger partial charge in [-0.2, -0.15) is 0 Å². The number of nitrogens with zero attached hydrogens (tertiary/aromatic N) is 1. The van der Waals surface area contributed by atoms with Gasteiger partial charge >= 0.3 is 18.9 Å². The summed E-state index contributed by atoms with van der Waals surface area (Å²) in [5, 5.41) is 12.2. The van der Waals surface area contributed by atoms with Gasteiger partial charge in [0.15, 0.2) is 0 Å². The zero-order chi connectivity index (χ0) is 8.55. The minimum absolute atomic E-state index is 0. The molecule has 60 valence electrons. The Hall–Kier alpha value is -0.973. The fraction of sp³-hybridized carbons (Fsp3) is 0.100. The Bertz CT molecular complexity index is 388. The summed E-state index contributed by atoms with van der Waals surface area (Å²) in [7, 11) is 0. The number of pyridine rings is 1. The van der Waals surface area contributed by atoms with Crippen LogP contribution in [0, 0.1) is 6.92 Å². The molecule has 13 heavy (non-hydrogen) atoms. The van der Waals surface area contributed by atoms with E-state index in [0.29, 0.717) is 5.52 Å². The summed E-state index contributed by atoms with van der Waals surface area (Å²) in [6.07, 6.45) is 1.64. The SMILES string of the molecule is Cc1ccc([O-])c2ncccc12.[Li+]. The summed E-state index contributed by atoms with van der Waals surface area (Å²) < 4.78 is 0. The Kier molecular flexibility index (Phi) is 2.97. The molecule has 0 atom stereocenters. The molecular weight excluding hydrogens is 157 g/mol. The average molecular weight is 165 g/mol. The van der Waals surface area contributed by atoms with Crippen LogP contribution in [0.25, 0.3) is 10.9 Å². The van der Waals surface area contributed by atoms with Gasteiger partial charge in [-0.05, 0) is 18.6 Å². The summed E-state index contributed by atoms with van der Waals surface area (Å²) in [5.74, 6) is -0.00352. The molecule has 0 saturated heterocycles. The molecule has 0 radical (unpaired) electrons. The first-order valence-corrected chi connectivity index (χ1v) is 3.80. The van der Waals surface area contributed by atoms with Gasteiger partial charge < -0.3 is 5.11 Å². The summed E-state index contributed by atoms with van der Waals surface area (Å²) in [5.41, 5.74) is 1.66. The third-order valence-electron chi connectivity index (χ3n) is 1.95. The number of benzene rings is 1. The van der Waals surface area contributed by atoms with E-state index in [0.717, 1.165) is 10.9 Å². The minimum atomic E-state index is -0.00352. The van der Waals surface area contributed by atoms with Crippen LogP contribution in [0.4, 0.5) is 0 Å². The van der Waals surface area contributed by atoms with E-state index in [2.05, 4.69) is 4.98 Å². The van der Waals surface area contributed by atoms with Crippen molar-refractivity contribution in [2.45, 2.75) is 6.92 Å². The Morgan fingerprint density at radius 1 is 1.23 bits per heavy atom. The molecule has 0 bridgehead atoms. The number of aromatic nitrogens is 1. The normalized spacial score (nSPS) is 9.62. The van der Waals surface area contributed by atoms with Gasteiger partial charge in [-0.3, -0.25) is 4.98 Å². The van der Waals surface area contributed by atoms with Gasteiger partial charge in [-0.15, -0.1) is 0 Å². The van der Waals surface area contributed by atoms with Crippen molar-refractivity contribution in [3.05, 3.63) is 36.0 Å². The molecule has 1 heterocycles. The van der Waals surface area contributed by atoms with Crippen LogP contribution in [0.5, 0.6) is 5.75 Å². The van der Waals surface area contributed by atoms with Gasteiger partial charge in [-0.25, -0.2) is 0 Å². The molecular formula is C10H8LiNO. The zero-order valence-electron chi connectivity index (χ0n) is 7.74. The van der Waals surface area contributed by atoms with Crippen LogP contribution in [0.1, 0.15) is 5.56 Å². The van der Waals surface area contributed by atoms with E-state index in [1.54, 1.807) is 12.3 Å². The van der Waals surface area contributed by atoms with Gasteiger partial charge in [0.1, 0.15) is 0 Å². The maximum Gasteiger partial charge on any atom is 1.00 e. The van der Waals surface area contributed by atoms with E-state index < -0.39 is 0 Å². The van der Waals surface area contributed by atoms with Crippen molar-refractivity contribution in [3.8, 4) is 5.75 Å².